The van der Waals surface area contributed by atoms with E-state index >= 15 is 0 Å². The van der Waals surface area contributed by atoms with Crippen molar-refractivity contribution in [1.29, 1.82) is 0 Å². The number of benzene rings is 2. The maximum atomic E-state index is 5.06. The van der Waals surface area contributed by atoms with Gasteiger partial charge in [0, 0.05) is 23.5 Å². The van der Waals surface area contributed by atoms with Gasteiger partial charge >= 0.3 is 0 Å². The first kappa shape index (κ1) is 17.0. The van der Waals surface area contributed by atoms with Crippen LogP contribution >= 0.6 is 0 Å². The molecule has 0 atom stereocenters. The van der Waals surface area contributed by atoms with E-state index in [-0.39, 0.29) is 0 Å². The van der Waals surface area contributed by atoms with Crippen LogP contribution in [0.3, 0.4) is 0 Å². The maximum Gasteiger partial charge on any atom is 0.162 e. The second kappa shape index (κ2) is 7.45. The van der Waals surface area contributed by atoms with E-state index in [1.165, 1.54) is 37.7 Å². The molecule has 0 aliphatic heterocycles. The van der Waals surface area contributed by atoms with Crippen molar-refractivity contribution in [2.24, 2.45) is 0 Å². The third-order valence-corrected chi connectivity index (χ3v) is 5.52. The van der Waals surface area contributed by atoms with E-state index in [9.17, 15) is 0 Å². The normalized spacial score (nSPS) is 15.3. The van der Waals surface area contributed by atoms with Crippen LogP contribution in [0.25, 0.3) is 22.3 Å². The zero-order chi connectivity index (χ0) is 17.9. The number of aromatic nitrogens is 2. The topological polar surface area (TPSA) is 29.0 Å². The van der Waals surface area contributed by atoms with Gasteiger partial charge in [0.25, 0.3) is 0 Å². The lowest BCUT2D eigenvalue weighted by molar-refractivity contribution is 0.417. The molecule has 3 heteroatoms. The molecule has 0 radical (unpaired) electrons. The minimum Gasteiger partial charge on any atom is -0.353 e. The molecule has 3 aromatic rings. The van der Waals surface area contributed by atoms with E-state index < -0.39 is 0 Å². The van der Waals surface area contributed by atoms with Crippen LogP contribution in [0.1, 0.15) is 44.6 Å². The second-order valence-corrected chi connectivity index (χ2v) is 7.33. The summed E-state index contributed by atoms with van der Waals surface area (Å²) < 4.78 is 0. The fourth-order valence-corrected chi connectivity index (χ4v) is 4.08. The summed E-state index contributed by atoms with van der Waals surface area (Å²) >= 11 is 0. The predicted molar refractivity (Wildman–Crippen MR) is 110 cm³/mol. The molecule has 0 N–H and O–H groups in total. The Morgan fingerprint density at radius 1 is 0.923 bits per heavy atom. The smallest absolute Gasteiger partial charge is 0.162 e. The number of hydrogen-bond acceptors (Lipinski definition) is 3. The number of rotatable bonds is 4. The molecule has 1 aliphatic carbocycles. The molecule has 0 bridgehead atoms. The molecule has 0 saturated heterocycles. The third kappa shape index (κ3) is 3.31. The average Bonchev–Trinajstić information content (AvgIpc) is 2.70. The number of nitrogens with zero attached hydrogens (tertiary/aromatic N) is 3. The summed E-state index contributed by atoms with van der Waals surface area (Å²) in [5.41, 5.74) is 3.37. The molecule has 3 nitrogen and oxygen atoms in total. The summed E-state index contributed by atoms with van der Waals surface area (Å²) in [6.45, 7) is 5.34. The lowest BCUT2D eigenvalue weighted by Crippen LogP contribution is -2.37. The van der Waals surface area contributed by atoms with Gasteiger partial charge in [-0.2, -0.15) is 0 Å². The summed E-state index contributed by atoms with van der Waals surface area (Å²) in [4.78, 5) is 12.4. The van der Waals surface area contributed by atoms with Gasteiger partial charge in [-0.25, -0.2) is 9.97 Å². The summed E-state index contributed by atoms with van der Waals surface area (Å²) in [7, 11) is 0. The molecular weight excluding hydrogens is 318 g/mol. The van der Waals surface area contributed by atoms with Gasteiger partial charge in [0.05, 0.1) is 5.52 Å². The SMILES string of the molecule is CCN(c1nc(-c2ccc(C)cc2)nc2ccccc12)C1CCCCC1. The van der Waals surface area contributed by atoms with Gasteiger partial charge in [-0.15, -0.1) is 0 Å². The molecule has 1 fully saturated rings. The van der Waals surface area contributed by atoms with Gasteiger partial charge in [0.1, 0.15) is 5.82 Å². The molecule has 26 heavy (non-hydrogen) atoms. The van der Waals surface area contributed by atoms with Crippen LogP contribution in [-0.4, -0.2) is 22.6 Å². The largest absolute Gasteiger partial charge is 0.353 e. The first-order chi connectivity index (χ1) is 12.8. The van der Waals surface area contributed by atoms with E-state index in [1.54, 1.807) is 0 Å². The van der Waals surface area contributed by atoms with Crippen molar-refractivity contribution in [3.63, 3.8) is 0 Å². The van der Waals surface area contributed by atoms with Gasteiger partial charge < -0.3 is 4.90 Å². The van der Waals surface area contributed by atoms with Gasteiger partial charge in [-0.3, -0.25) is 0 Å². The molecule has 0 amide bonds. The Labute approximate surface area is 156 Å². The molecule has 1 aromatic heterocycles. The predicted octanol–water partition coefficient (Wildman–Crippen LogP) is 5.76. The fourth-order valence-electron chi connectivity index (χ4n) is 4.08. The van der Waals surface area contributed by atoms with Crippen LogP contribution in [0.4, 0.5) is 5.82 Å². The Morgan fingerprint density at radius 3 is 2.38 bits per heavy atom. The Balaban J connectivity index is 1.84. The molecular formula is C23H27N3. The van der Waals surface area contributed by atoms with Crippen LogP contribution in [0.15, 0.2) is 48.5 Å². The van der Waals surface area contributed by atoms with Crippen LogP contribution < -0.4 is 4.90 Å². The van der Waals surface area contributed by atoms with Crippen LogP contribution in [-0.2, 0) is 0 Å². The quantitative estimate of drug-likeness (QED) is 0.601. The van der Waals surface area contributed by atoms with Crippen molar-refractivity contribution in [1.82, 2.24) is 9.97 Å². The molecule has 134 valence electrons. The second-order valence-electron chi connectivity index (χ2n) is 7.33. The highest BCUT2D eigenvalue weighted by Gasteiger charge is 2.23. The van der Waals surface area contributed by atoms with Gasteiger partial charge in [-0.1, -0.05) is 61.2 Å². The van der Waals surface area contributed by atoms with Crippen molar-refractivity contribution in [3.05, 3.63) is 54.1 Å². The Hall–Kier alpha value is -2.42. The van der Waals surface area contributed by atoms with Crippen LogP contribution in [0, 0.1) is 6.92 Å². The molecule has 0 unspecified atom stereocenters. The van der Waals surface area contributed by atoms with Crippen molar-refractivity contribution < 1.29 is 0 Å². The Morgan fingerprint density at radius 2 is 1.65 bits per heavy atom. The van der Waals surface area contributed by atoms with Crippen LogP contribution in [0.2, 0.25) is 0 Å². The minimum atomic E-state index is 0.595. The highest BCUT2D eigenvalue weighted by molar-refractivity contribution is 5.91. The van der Waals surface area contributed by atoms with Crippen LogP contribution in [0.5, 0.6) is 0 Å². The summed E-state index contributed by atoms with van der Waals surface area (Å²) in [6, 6.07) is 17.5. The summed E-state index contributed by atoms with van der Waals surface area (Å²) in [5, 5.41) is 1.16. The number of para-hydroxylation sites is 1. The number of hydrogen-bond donors (Lipinski definition) is 0. The van der Waals surface area contributed by atoms with E-state index in [2.05, 4.69) is 67.3 Å². The van der Waals surface area contributed by atoms with Gasteiger partial charge in [0.15, 0.2) is 5.82 Å². The molecule has 1 heterocycles. The highest BCUT2D eigenvalue weighted by Crippen LogP contribution is 2.32. The third-order valence-electron chi connectivity index (χ3n) is 5.52. The monoisotopic (exact) mass is 345 g/mol. The molecule has 2 aromatic carbocycles. The summed E-state index contributed by atoms with van der Waals surface area (Å²) in [5.74, 6) is 1.92. The average molecular weight is 345 g/mol. The number of aryl methyl sites for hydroxylation is 1. The molecule has 0 spiro atoms. The van der Waals surface area contributed by atoms with Crippen molar-refractivity contribution in [2.75, 3.05) is 11.4 Å². The van der Waals surface area contributed by atoms with E-state index in [0.29, 0.717) is 6.04 Å². The van der Waals surface area contributed by atoms with E-state index in [4.69, 9.17) is 9.97 Å². The lowest BCUT2D eigenvalue weighted by Gasteiger charge is -2.35. The molecule has 1 aliphatic rings. The van der Waals surface area contributed by atoms with Crippen molar-refractivity contribution in [3.8, 4) is 11.4 Å². The number of anilines is 1. The van der Waals surface area contributed by atoms with Crippen molar-refractivity contribution >= 4 is 16.7 Å². The minimum absolute atomic E-state index is 0.595. The number of fused-ring (bicyclic) bond motifs is 1. The van der Waals surface area contributed by atoms with E-state index in [0.717, 1.165) is 34.7 Å². The fraction of sp³-hybridized carbons (Fsp3) is 0.391. The highest BCUT2D eigenvalue weighted by atomic mass is 15.2. The van der Waals surface area contributed by atoms with Gasteiger partial charge in [-0.05, 0) is 38.8 Å². The lowest BCUT2D eigenvalue weighted by atomic mass is 9.94. The Bertz CT molecular complexity index is 880. The standard InChI is InChI=1S/C23H27N3/c1-3-26(19-9-5-4-6-10-19)23-20-11-7-8-12-21(20)24-22(25-23)18-15-13-17(2)14-16-18/h7-8,11-16,19H,3-6,9-10H2,1-2H3. The summed E-state index contributed by atoms with van der Waals surface area (Å²) in [6.07, 6.45) is 6.56. The first-order valence-electron chi connectivity index (χ1n) is 9.86. The maximum absolute atomic E-state index is 5.06. The first-order valence-corrected chi connectivity index (χ1v) is 9.86. The zero-order valence-corrected chi connectivity index (χ0v) is 15.8. The zero-order valence-electron chi connectivity index (χ0n) is 15.8. The Kier molecular flexibility index (Phi) is 4.87. The van der Waals surface area contributed by atoms with Crippen molar-refractivity contribution in [2.45, 2.75) is 52.0 Å². The van der Waals surface area contributed by atoms with E-state index in [1.807, 2.05) is 0 Å². The van der Waals surface area contributed by atoms with Gasteiger partial charge in [0.2, 0.25) is 0 Å². The molecule has 1 saturated carbocycles. The molecule has 4 rings (SSSR count).